The third kappa shape index (κ3) is 3.26. The van der Waals surface area contributed by atoms with Crippen LogP contribution in [0.2, 0.25) is 0 Å². The molecule has 0 bridgehead atoms. The number of aryl methyl sites for hydroxylation is 1. The van der Waals surface area contributed by atoms with Crippen molar-refractivity contribution in [3.05, 3.63) is 63.7 Å². The summed E-state index contributed by atoms with van der Waals surface area (Å²) in [6, 6.07) is 12.4. The summed E-state index contributed by atoms with van der Waals surface area (Å²) in [5.41, 5.74) is 2.94. The average Bonchev–Trinajstić information content (AvgIpc) is 2.45. The molecule has 5 nitrogen and oxygen atoms in total. The molecule has 0 aliphatic rings. The van der Waals surface area contributed by atoms with E-state index in [0.29, 0.717) is 12.2 Å². The molecule has 2 aromatic carbocycles. The Kier molecular flexibility index (Phi) is 4.20. The second-order valence-corrected chi connectivity index (χ2v) is 4.48. The topological polar surface area (TPSA) is 64.4 Å². The predicted octanol–water partition coefficient (Wildman–Crippen LogP) is 3.52. The van der Waals surface area contributed by atoms with Gasteiger partial charge in [-0.25, -0.2) is 0 Å². The number of hydrogen-bond acceptors (Lipinski definition) is 4. The molecular weight excluding hydrogens is 256 g/mol. The Balaban J connectivity index is 2.14. The van der Waals surface area contributed by atoms with Crippen LogP contribution in [0.4, 0.5) is 11.4 Å². The van der Waals surface area contributed by atoms with Gasteiger partial charge in [-0.1, -0.05) is 23.8 Å². The zero-order valence-electron chi connectivity index (χ0n) is 11.4. The van der Waals surface area contributed by atoms with Crippen LogP contribution >= 0.6 is 0 Å². The van der Waals surface area contributed by atoms with Crippen molar-refractivity contribution in [2.24, 2.45) is 0 Å². The molecule has 0 amide bonds. The molecule has 0 fully saturated rings. The van der Waals surface area contributed by atoms with Gasteiger partial charge in [0.2, 0.25) is 0 Å². The fraction of sp³-hybridized carbons (Fsp3) is 0.200. The molecule has 0 heterocycles. The summed E-state index contributed by atoms with van der Waals surface area (Å²) in [5.74, 6) is 0.800. The van der Waals surface area contributed by atoms with E-state index in [1.54, 1.807) is 19.2 Å². The number of nitrogens with one attached hydrogen (secondary N) is 1. The van der Waals surface area contributed by atoms with Crippen molar-refractivity contribution in [3.63, 3.8) is 0 Å². The monoisotopic (exact) mass is 272 g/mol. The van der Waals surface area contributed by atoms with Gasteiger partial charge in [0.25, 0.3) is 5.69 Å². The lowest BCUT2D eigenvalue weighted by Gasteiger charge is -2.11. The molecule has 0 aliphatic carbocycles. The molecular formula is C15H16N2O3. The van der Waals surface area contributed by atoms with Crippen LogP contribution in [0.5, 0.6) is 5.75 Å². The van der Waals surface area contributed by atoms with E-state index in [9.17, 15) is 10.1 Å². The van der Waals surface area contributed by atoms with E-state index < -0.39 is 4.92 Å². The fourth-order valence-electron chi connectivity index (χ4n) is 1.97. The lowest BCUT2D eigenvalue weighted by molar-refractivity contribution is -0.384. The number of anilines is 1. The zero-order chi connectivity index (χ0) is 14.5. The Labute approximate surface area is 117 Å². The molecule has 0 aromatic heterocycles. The van der Waals surface area contributed by atoms with Crippen LogP contribution in [0, 0.1) is 17.0 Å². The van der Waals surface area contributed by atoms with Crippen LogP contribution in [0.1, 0.15) is 11.1 Å². The van der Waals surface area contributed by atoms with Crippen molar-refractivity contribution in [3.8, 4) is 5.75 Å². The third-order valence-corrected chi connectivity index (χ3v) is 2.98. The summed E-state index contributed by atoms with van der Waals surface area (Å²) >= 11 is 0. The first-order valence-corrected chi connectivity index (χ1v) is 6.22. The van der Waals surface area contributed by atoms with Crippen molar-refractivity contribution < 1.29 is 9.66 Å². The highest BCUT2D eigenvalue weighted by molar-refractivity contribution is 5.52. The standard InChI is InChI=1S/C15H16N2O3/c1-11-6-7-15(20-2)12(8-11)10-16-13-4-3-5-14(9-13)17(18)19/h3-9,16H,10H2,1-2H3. The van der Waals surface area contributed by atoms with Gasteiger partial charge in [-0.15, -0.1) is 0 Å². The van der Waals surface area contributed by atoms with Gasteiger partial charge >= 0.3 is 0 Å². The fourth-order valence-corrected chi connectivity index (χ4v) is 1.97. The van der Waals surface area contributed by atoms with Gasteiger partial charge in [-0.3, -0.25) is 10.1 Å². The van der Waals surface area contributed by atoms with E-state index >= 15 is 0 Å². The predicted molar refractivity (Wildman–Crippen MR) is 78.2 cm³/mol. The minimum absolute atomic E-state index is 0.0752. The number of nitrogens with zero attached hydrogens (tertiary/aromatic N) is 1. The molecule has 104 valence electrons. The van der Waals surface area contributed by atoms with Crippen LogP contribution in [-0.4, -0.2) is 12.0 Å². The number of rotatable bonds is 5. The molecule has 2 rings (SSSR count). The quantitative estimate of drug-likeness (QED) is 0.668. The lowest BCUT2D eigenvalue weighted by Crippen LogP contribution is -2.02. The maximum Gasteiger partial charge on any atom is 0.271 e. The molecule has 1 N–H and O–H groups in total. The first-order valence-electron chi connectivity index (χ1n) is 6.22. The number of benzene rings is 2. The maximum atomic E-state index is 10.7. The molecule has 0 unspecified atom stereocenters. The number of non-ortho nitro benzene ring substituents is 1. The average molecular weight is 272 g/mol. The van der Waals surface area contributed by atoms with Gasteiger partial charge < -0.3 is 10.1 Å². The SMILES string of the molecule is COc1ccc(C)cc1CNc1cccc([N+](=O)[O-])c1. The highest BCUT2D eigenvalue weighted by atomic mass is 16.6. The molecule has 0 radical (unpaired) electrons. The second-order valence-electron chi connectivity index (χ2n) is 4.48. The van der Waals surface area contributed by atoms with Crippen molar-refractivity contribution in [1.29, 1.82) is 0 Å². The number of methoxy groups -OCH3 is 1. The Morgan fingerprint density at radius 2 is 2.05 bits per heavy atom. The van der Waals surface area contributed by atoms with Crippen molar-refractivity contribution in [2.75, 3.05) is 12.4 Å². The smallest absolute Gasteiger partial charge is 0.271 e. The first kappa shape index (κ1) is 13.9. The number of nitro benzene ring substituents is 1. The largest absolute Gasteiger partial charge is 0.496 e. The van der Waals surface area contributed by atoms with Gasteiger partial charge in [0, 0.05) is 29.9 Å². The van der Waals surface area contributed by atoms with Crippen LogP contribution < -0.4 is 10.1 Å². The first-order chi connectivity index (χ1) is 9.60. The van der Waals surface area contributed by atoms with E-state index in [1.165, 1.54) is 12.1 Å². The van der Waals surface area contributed by atoms with Gasteiger partial charge in [0.05, 0.1) is 12.0 Å². The van der Waals surface area contributed by atoms with Crippen LogP contribution in [0.15, 0.2) is 42.5 Å². The molecule has 5 heteroatoms. The zero-order valence-corrected chi connectivity index (χ0v) is 11.4. The summed E-state index contributed by atoms with van der Waals surface area (Å²) in [5, 5.41) is 13.9. The Morgan fingerprint density at radius 3 is 2.75 bits per heavy atom. The van der Waals surface area contributed by atoms with E-state index in [0.717, 1.165) is 16.9 Å². The summed E-state index contributed by atoms with van der Waals surface area (Å²) in [6.45, 7) is 2.56. The summed E-state index contributed by atoms with van der Waals surface area (Å²) < 4.78 is 5.30. The molecule has 2 aromatic rings. The van der Waals surface area contributed by atoms with Crippen molar-refractivity contribution >= 4 is 11.4 Å². The van der Waals surface area contributed by atoms with Crippen LogP contribution in [0.25, 0.3) is 0 Å². The molecule has 0 saturated heterocycles. The van der Waals surface area contributed by atoms with Gasteiger partial charge in [0.1, 0.15) is 5.75 Å². The minimum atomic E-state index is -0.404. The van der Waals surface area contributed by atoms with Crippen LogP contribution in [0.3, 0.4) is 0 Å². The maximum absolute atomic E-state index is 10.7. The number of ether oxygens (including phenoxy) is 1. The Morgan fingerprint density at radius 1 is 1.25 bits per heavy atom. The normalized spacial score (nSPS) is 10.1. The third-order valence-electron chi connectivity index (χ3n) is 2.98. The lowest BCUT2D eigenvalue weighted by atomic mass is 10.1. The highest BCUT2D eigenvalue weighted by Crippen LogP contribution is 2.22. The van der Waals surface area contributed by atoms with E-state index in [-0.39, 0.29) is 5.69 Å². The van der Waals surface area contributed by atoms with Gasteiger partial charge in [-0.2, -0.15) is 0 Å². The molecule has 20 heavy (non-hydrogen) atoms. The number of hydrogen-bond donors (Lipinski definition) is 1. The molecule has 0 aliphatic heterocycles. The van der Waals surface area contributed by atoms with Crippen molar-refractivity contribution in [1.82, 2.24) is 0 Å². The second kappa shape index (κ2) is 6.06. The van der Waals surface area contributed by atoms with Gasteiger partial charge in [-0.05, 0) is 19.1 Å². The van der Waals surface area contributed by atoms with E-state index in [1.807, 2.05) is 25.1 Å². The molecule has 0 atom stereocenters. The van der Waals surface area contributed by atoms with E-state index in [4.69, 9.17) is 4.74 Å². The van der Waals surface area contributed by atoms with Gasteiger partial charge in [0.15, 0.2) is 0 Å². The van der Waals surface area contributed by atoms with Crippen LogP contribution in [-0.2, 0) is 6.54 Å². The summed E-state index contributed by atoms with van der Waals surface area (Å²) in [4.78, 5) is 10.3. The van der Waals surface area contributed by atoms with E-state index in [2.05, 4.69) is 5.32 Å². The highest BCUT2D eigenvalue weighted by Gasteiger charge is 2.07. The molecule has 0 spiro atoms. The summed E-state index contributed by atoms with van der Waals surface area (Å²) in [7, 11) is 1.63. The van der Waals surface area contributed by atoms with Crippen molar-refractivity contribution in [2.45, 2.75) is 13.5 Å². The summed E-state index contributed by atoms with van der Waals surface area (Å²) in [6.07, 6.45) is 0. The molecule has 0 saturated carbocycles. The Bertz CT molecular complexity index is 626. The minimum Gasteiger partial charge on any atom is -0.496 e. The number of nitro groups is 1. The Hall–Kier alpha value is -2.56.